The molecule has 1 heterocycles. The highest BCUT2D eigenvalue weighted by Crippen LogP contribution is 2.21. The second-order valence-corrected chi connectivity index (χ2v) is 4.66. The zero-order valence-electron chi connectivity index (χ0n) is 10.5. The molecule has 0 atom stereocenters. The van der Waals surface area contributed by atoms with E-state index in [1.807, 2.05) is 28.9 Å². The third-order valence-corrected chi connectivity index (χ3v) is 3.42. The summed E-state index contributed by atoms with van der Waals surface area (Å²) in [6.45, 7) is 0.381. The van der Waals surface area contributed by atoms with Crippen molar-refractivity contribution in [3.05, 3.63) is 51.7 Å². The van der Waals surface area contributed by atoms with Crippen LogP contribution in [0.3, 0.4) is 0 Å². The summed E-state index contributed by atoms with van der Waals surface area (Å²) in [6.07, 6.45) is 4.49. The maximum absolute atomic E-state index is 8.30. The van der Waals surface area contributed by atoms with E-state index in [1.54, 1.807) is 0 Å². The number of azide groups is 1. The molecule has 0 N–H and O–H groups in total. The molecule has 1 aromatic carbocycles. The molecular weight excluding hydrogens is 240 g/mol. The minimum Gasteiger partial charge on any atom is -0.217 e. The zero-order valence-corrected chi connectivity index (χ0v) is 10.5. The van der Waals surface area contributed by atoms with Crippen LogP contribution in [0, 0.1) is 0 Å². The van der Waals surface area contributed by atoms with Gasteiger partial charge in [0.15, 0.2) is 0 Å². The maximum Gasteiger partial charge on any atom is 0.0863 e. The maximum atomic E-state index is 8.30. The Kier molecular flexibility index (Phi) is 3.16. The van der Waals surface area contributed by atoms with E-state index in [-0.39, 0.29) is 0 Å². The van der Waals surface area contributed by atoms with E-state index in [2.05, 4.69) is 20.3 Å². The van der Waals surface area contributed by atoms with Gasteiger partial charge in [-0.2, -0.15) is 0 Å². The van der Waals surface area contributed by atoms with E-state index in [9.17, 15) is 0 Å². The van der Waals surface area contributed by atoms with Gasteiger partial charge < -0.3 is 0 Å². The number of benzene rings is 1. The van der Waals surface area contributed by atoms with E-state index in [4.69, 9.17) is 5.53 Å². The van der Waals surface area contributed by atoms with Crippen molar-refractivity contribution < 1.29 is 0 Å². The molecule has 1 aliphatic rings. The van der Waals surface area contributed by atoms with Gasteiger partial charge in [0.2, 0.25) is 0 Å². The summed E-state index contributed by atoms with van der Waals surface area (Å²) in [5, 5.41) is 12.0. The number of nitrogens with zero attached hydrogens (tertiary/aromatic N) is 6. The third-order valence-electron chi connectivity index (χ3n) is 3.42. The van der Waals surface area contributed by atoms with Crippen LogP contribution >= 0.6 is 0 Å². The summed E-state index contributed by atoms with van der Waals surface area (Å²) >= 11 is 0. The predicted octanol–water partition coefficient (Wildman–Crippen LogP) is 2.96. The van der Waals surface area contributed by atoms with Crippen molar-refractivity contribution in [2.75, 3.05) is 0 Å². The van der Waals surface area contributed by atoms with Crippen LogP contribution in [-0.4, -0.2) is 15.0 Å². The van der Waals surface area contributed by atoms with Crippen LogP contribution in [0.2, 0.25) is 0 Å². The summed E-state index contributed by atoms with van der Waals surface area (Å²) < 4.78 is 1.92. The highest BCUT2D eigenvalue weighted by molar-refractivity contribution is 5.36. The Labute approximate surface area is 110 Å². The number of aryl methyl sites for hydroxylation is 1. The number of hydrogen-bond donors (Lipinski definition) is 0. The van der Waals surface area contributed by atoms with Crippen LogP contribution in [0.25, 0.3) is 16.1 Å². The summed E-state index contributed by atoms with van der Waals surface area (Å²) in [6, 6.07) is 7.90. The Morgan fingerprint density at radius 3 is 2.79 bits per heavy atom. The smallest absolute Gasteiger partial charge is 0.0863 e. The molecule has 0 saturated carbocycles. The average molecular weight is 254 g/mol. The second-order valence-electron chi connectivity index (χ2n) is 4.66. The predicted molar refractivity (Wildman–Crippen MR) is 70.9 cm³/mol. The minimum atomic E-state index is 0.381. The SMILES string of the molecule is [N-]=[N+]=NCc1ccc(-n2nnc3c2CCCC3)cc1. The zero-order chi connectivity index (χ0) is 13.1. The Morgan fingerprint density at radius 2 is 2.00 bits per heavy atom. The number of rotatable bonds is 3. The van der Waals surface area contributed by atoms with Crippen molar-refractivity contribution >= 4 is 0 Å². The van der Waals surface area contributed by atoms with Crippen LogP contribution in [0.1, 0.15) is 29.8 Å². The normalized spacial score (nSPS) is 13.7. The molecule has 2 aromatic rings. The molecule has 1 aliphatic carbocycles. The Hall–Kier alpha value is -2.33. The summed E-state index contributed by atoms with van der Waals surface area (Å²) in [5.41, 5.74) is 12.7. The van der Waals surface area contributed by atoms with Gasteiger partial charge >= 0.3 is 0 Å². The number of aromatic nitrogens is 3. The van der Waals surface area contributed by atoms with Gasteiger partial charge in [-0.1, -0.05) is 22.5 Å². The van der Waals surface area contributed by atoms with Crippen molar-refractivity contribution in [1.82, 2.24) is 15.0 Å². The molecule has 0 saturated heterocycles. The van der Waals surface area contributed by atoms with E-state index < -0.39 is 0 Å². The van der Waals surface area contributed by atoms with Gasteiger partial charge in [0.1, 0.15) is 0 Å². The van der Waals surface area contributed by atoms with Gasteiger partial charge in [0.05, 0.1) is 23.6 Å². The first kappa shape index (κ1) is 11.7. The fourth-order valence-corrected chi connectivity index (χ4v) is 2.43. The number of hydrogen-bond acceptors (Lipinski definition) is 3. The molecule has 19 heavy (non-hydrogen) atoms. The Bertz CT molecular complexity index is 621. The van der Waals surface area contributed by atoms with Crippen LogP contribution in [0.15, 0.2) is 29.4 Å². The molecule has 6 heteroatoms. The topological polar surface area (TPSA) is 79.5 Å². The fraction of sp³-hybridized carbons (Fsp3) is 0.385. The van der Waals surface area contributed by atoms with Crippen LogP contribution in [0.5, 0.6) is 0 Å². The molecule has 0 radical (unpaired) electrons. The monoisotopic (exact) mass is 254 g/mol. The Balaban J connectivity index is 1.89. The molecule has 0 amide bonds. The molecule has 1 aromatic heterocycles. The van der Waals surface area contributed by atoms with Crippen LogP contribution < -0.4 is 0 Å². The van der Waals surface area contributed by atoms with Gasteiger partial charge in [-0.25, -0.2) is 4.68 Å². The lowest BCUT2D eigenvalue weighted by atomic mass is 10.0. The van der Waals surface area contributed by atoms with Crippen molar-refractivity contribution in [2.45, 2.75) is 32.2 Å². The first-order chi connectivity index (χ1) is 9.38. The van der Waals surface area contributed by atoms with E-state index in [0.717, 1.165) is 29.8 Å². The lowest BCUT2D eigenvalue weighted by Gasteiger charge is -2.12. The third kappa shape index (κ3) is 2.30. The van der Waals surface area contributed by atoms with Crippen molar-refractivity contribution in [3.63, 3.8) is 0 Å². The summed E-state index contributed by atoms with van der Waals surface area (Å²) in [5.74, 6) is 0. The molecule has 0 fully saturated rings. The van der Waals surface area contributed by atoms with Crippen molar-refractivity contribution in [3.8, 4) is 5.69 Å². The van der Waals surface area contributed by atoms with Gasteiger partial charge in [-0.15, -0.1) is 5.10 Å². The molecule has 6 nitrogen and oxygen atoms in total. The molecule has 0 bridgehead atoms. The van der Waals surface area contributed by atoms with E-state index in [0.29, 0.717) is 6.54 Å². The molecule has 0 unspecified atom stereocenters. The average Bonchev–Trinajstić information content (AvgIpc) is 2.90. The van der Waals surface area contributed by atoms with E-state index in [1.165, 1.54) is 18.5 Å². The fourth-order valence-electron chi connectivity index (χ4n) is 2.43. The quantitative estimate of drug-likeness (QED) is 0.479. The summed E-state index contributed by atoms with van der Waals surface area (Å²) in [4.78, 5) is 2.76. The van der Waals surface area contributed by atoms with Gasteiger partial charge in [-0.05, 0) is 48.9 Å². The lowest BCUT2D eigenvalue weighted by Crippen LogP contribution is -2.07. The standard InChI is InChI=1S/C13H14N6/c14-17-15-9-10-5-7-11(8-6-10)19-13-4-2-1-3-12(13)16-18-19/h5-8H,1-4,9H2. The van der Waals surface area contributed by atoms with Crippen LogP contribution in [-0.2, 0) is 19.4 Å². The minimum absolute atomic E-state index is 0.381. The molecule has 96 valence electrons. The van der Waals surface area contributed by atoms with Gasteiger partial charge in [0.25, 0.3) is 0 Å². The molecular formula is C13H14N6. The highest BCUT2D eigenvalue weighted by Gasteiger charge is 2.17. The van der Waals surface area contributed by atoms with Crippen LogP contribution in [0.4, 0.5) is 0 Å². The first-order valence-electron chi connectivity index (χ1n) is 6.42. The van der Waals surface area contributed by atoms with Gasteiger partial charge in [-0.3, -0.25) is 0 Å². The summed E-state index contributed by atoms with van der Waals surface area (Å²) in [7, 11) is 0. The largest absolute Gasteiger partial charge is 0.217 e. The Morgan fingerprint density at radius 1 is 1.21 bits per heavy atom. The molecule has 0 spiro atoms. The second kappa shape index (κ2) is 5.12. The van der Waals surface area contributed by atoms with E-state index >= 15 is 0 Å². The lowest BCUT2D eigenvalue weighted by molar-refractivity contribution is 0.652. The van der Waals surface area contributed by atoms with Crippen molar-refractivity contribution in [1.29, 1.82) is 0 Å². The van der Waals surface area contributed by atoms with Crippen molar-refractivity contribution in [2.24, 2.45) is 5.11 Å². The first-order valence-corrected chi connectivity index (χ1v) is 6.42. The van der Waals surface area contributed by atoms with Gasteiger partial charge in [0, 0.05) is 4.91 Å². The highest BCUT2D eigenvalue weighted by atomic mass is 15.4. The molecule has 3 rings (SSSR count). The number of fused-ring (bicyclic) bond motifs is 1. The molecule has 0 aliphatic heterocycles.